The van der Waals surface area contributed by atoms with Gasteiger partial charge >= 0.3 is 0 Å². The van der Waals surface area contributed by atoms with Gasteiger partial charge in [-0.3, -0.25) is 14.5 Å². The minimum absolute atomic E-state index is 0.195. The lowest BCUT2D eigenvalue weighted by Gasteiger charge is -2.30. The summed E-state index contributed by atoms with van der Waals surface area (Å²) in [6, 6.07) is 12.9. The molecule has 0 unspecified atom stereocenters. The highest BCUT2D eigenvalue weighted by molar-refractivity contribution is 6.31. The minimum Gasteiger partial charge on any atom is -0.467 e. The van der Waals surface area contributed by atoms with Crippen molar-refractivity contribution in [3.8, 4) is 0 Å². The molecule has 1 atom stereocenters. The van der Waals surface area contributed by atoms with Crippen LogP contribution < -0.4 is 10.2 Å². The molecule has 176 valence electrons. The third kappa shape index (κ3) is 4.92. The van der Waals surface area contributed by atoms with Gasteiger partial charge in [0, 0.05) is 19.3 Å². The second-order valence-corrected chi connectivity index (χ2v) is 7.71. The monoisotopic (exact) mass is 485 g/mol. The number of fused-ring (bicyclic) bond motifs is 1. The Bertz CT molecular complexity index is 1290. The molecule has 11 heteroatoms. The Kier molecular flexibility index (Phi) is 7.19. The standard InChI is InChI=1S/C23H21ClFN5O4/c1-33-12-10-26-23(32)22(20-7-4-11-34-20)30(15-8-9-17(25)16(24)13-15)21(31)14-29-19-6-3-2-5-18(19)27-28-29/h2-9,11,13,22H,10,12,14H2,1H3,(H,26,32)/t22-/m0/s1. The molecule has 0 spiro atoms. The zero-order valence-electron chi connectivity index (χ0n) is 18.1. The molecule has 0 aliphatic carbocycles. The number of furan rings is 1. The molecule has 1 N–H and O–H groups in total. The van der Waals surface area contributed by atoms with Crippen molar-refractivity contribution < 1.29 is 23.1 Å². The molecule has 0 saturated carbocycles. The number of hydrogen-bond acceptors (Lipinski definition) is 6. The number of halogens is 2. The van der Waals surface area contributed by atoms with Crippen LogP contribution in [0.4, 0.5) is 10.1 Å². The van der Waals surface area contributed by atoms with E-state index in [0.717, 1.165) is 6.07 Å². The number of anilines is 1. The van der Waals surface area contributed by atoms with Gasteiger partial charge in [0.05, 0.1) is 23.4 Å². The van der Waals surface area contributed by atoms with Gasteiger partial charge < -0.3 is 14.5 Å². The highest BCUT2D eigenvalue weighted by atomic mass is 35.5. The first-order chi connectivity index (χ1) is 16.5. The molecule has 2 aromatic carbocycles. The van der Waals surface area contributed by atoms with E-state index in [9.17, 15) is 14.0 Å². The van der Waals surface area contributed by atoms with Gasteiger partial charge in [0.1, 0.15) is 23.6 Å². The number of aromatic nitrogens is 3. The number of carbonyl (C=O) groups excluding carboxylic acids is 2. The molecular weight excluding hydrogens is 465 g/mol. The quantitative estimate of drug-likeness (QED) is 0.365. The number of methoxy groups -OCH3 is 1. The van der Waals surface area contributed by atoms with Crippen molar-refractivity contribution in [1.29, 1.82) is 0 Å². The van der Waals surface area contributed by atoms with Gasteiger partial charge in [-0.1, -0.05) is 28.9 Å². The fraction of sp³-hybridized carbons (Fsp3) is 0.217. The minimum atomic E-state index is -1.20. The average molecular weight is 486 g/mol. The maximum absolute atomic E-state index is 13.9. The molecule has 2 amide bonds. The van der Waals surface area contributed by atoms with Crippen LogP contribution in [0.1, 0.15) is 11.8 Å². The number of benzene rings is 2. The maximum atomic E-state index is 13.9. The molecule has 0 radical (unpaired) electrons. The summed E-state index contributed by atoms with van der Waals surface area (Å²) >= 11 is 6.01. The normalized spacial score (nSPS) is 12.0. The van der Waals surface area contributed by atoms with Crippen LogP contribution in [0.15, 0.2) is 65.3 Å². The molecule has 0 aliphatic rings. The highest BCUT2D eigenvalue weighted by Crippen LogP contribution is 2.31. The Hall–Kier alpha value is -3.76. The maximum Gasteiger partial charge on any atom is 0.251 e. The highest BCUT2D eigenvalue weighted by Gasteiger charge is 2.35. The number of ether oxygens (including phenoxy) is 1. The number of nitrogens with zero attached hydrogens (tertiary/aromatic N) is 4. The summed E-state index contributed by atoms with van der Waals surface area (Å²) in [6.45, 7) is 0.252. The van der Waals surface area contributed by atoms with Crippen LogP contribution in [0.5, 0.6) is 0 Å². The van der Waals surface area contributed by atoms with Crippen molar-refractivity contribution in [3.63, 3.8) is 0 Å². The first-order valence-electron chi connectivity index (χ1n) is 10.3. The summed E-state index contributed by atoms with van der Waals surface area (Å²) in [5.41, 5.74) is 1.47. The van der Waals surface area contributed by atoms with E-state index in [-0.39, 0.29) is 36.2 Å². The summed E-state index contributed by atoms with van der Waals surface area (Å²) in [4.78, 5) is 28.1. The van der Waals surface area contributed by atoms with E-state index in [1.54, 1.807) is 30.3 Å². The molecule has 9 nitrogen and oxygen atoms in total. The van der Waals surface area contributed by atoms with Crippen molar-refractivity contribution >= 4 is 40.1 Å². The summed E-state index contributed by atoms with van der Waals surface area (Å²) in [6.07, 6.45) is 1.40. The molecule has 34 heavy (non-hydrogen) atoms. The Balaban J connectivity index is 1.76. The predicted molar refractivity (Wildman–Crippen MR) is 123 cm³/mol. The van der Waals surface area contributed by atoms with Crippen LogP contribution in [-0.4, -0.2) is 47.1 Å². The molecule has 0 aliphatic heterocycles. The fourth-order valence-electron chi connectivity index (χ4n) is 3.50. The number of para-hydroxylation sites is 1. The van der Waals surface area contributed by atoms with Crippen LogP contribution in [0.2, 0.25) is 5.02 Å². The molecule has 4 rings (SSSR count). The van der Waals surface area contributed by atoms with E-state index in [1.165, 1.54) is 35.1 Å². The van der Waals surface area contributed by atoms with Crippen molar-refractivity contribution in [2.75, 3.05) is 25.2 Å². The van der Waals surface area contributed by atoms with Gasteiger partial charge in [-0.05, 0) is 42.5 Å². The fourth-order valence-corrected chi connectivity index (χ4v) is 3.68. The zero-order chi connectivity index (χ0) is 24.1. The van der Waals surface area contributed by atoms with Crippen molar-refractivity contribution in [1.82, 2.24) is 20.3 Å². The molecule has 0 bridgehead atoms. The van der Waals surface area contributed by atoms with Gasteiger partial charge in [0.15, 0.2) is 6.04 Å². The molecule has 0 saturated heterocycles. The summed E-state index contributed by atoms with van der Waals surface area (Å²) in [5, 5.41) is 10.7. The number of rotatable bonds is 9. The van der Waals surface area contributed by atoms with Crippen molar-refractivity contribution in [2.45, 2.75) is 12.6 Å². The Labute approximate surface area is 199 Å². The molecular formula is C23H21ClFN5O4. The summed E-state index contributed by atoms with van der Waals surface area (Å²) < 4.78 is 25.8. The number of carbonyl (C=O) groups is 2. The van der Waals surface area contributed by atoms with E-state index >= 15 is 0 Å². The lowest BCUT2D eigenvalue weighted by molar-refractivity contribution is -0.127. The molecule has 4 aromatic rings. The second kappa shape index (κ2) is 10.4. The van der Waals surface area contributed by atoms with Gasteiger partial charge in [-0.15, -0.1) is 5.10 Å². The first-order valence-corrected chi connectivity index (χ1v) is 10.7. The van der Waals surface area contributed by atoms with Crippen LogP contribution >= 0.6 is 11.6 Å². The predicted octanol–water partition coefficient (Wildman–Crippen LogP) is 3.35. The zero-order valence-corrected chi connectivity index (χ0v) is 18.9. The lowest BCUT2D eigenvalue weighted by atomic mass is 10.1. The van der Waals surface area contributed by atoms with Gasteiger partial charge in [0.25, 0.3) is 5.91 Å². The molecule has 0 fully saturated rings. The Morgan fingerprint density at radius 2 is 2.06 bits per heavy atom. The van der Waals surface area contributed by atoms with Crippen LogP contribution in [0.25, 0.3) is 11.0 Å². The average Bonchev–Trinajstić information content (AvgIpc) is 3.50. The van der Waals surface area contributed by atoms with Crippen LogP contribution in [0.3, 0.4) is 0 Å². The van der Waals surface area contributed by atoms with Crippen LogP contribution in [-0.2, 0) is 20.9 Å². The van der Waals surface area contributed by atoms with E-state index in [0.29, 0.717) is 11.0 Å². The second-order valence-electron chi connectivity index (χ2n) is 7.30. The Morgan fingerprint density at radius 1 is 1.24 bits per heavy atom. The van der Waals surface area contributed by atoms with E-state index in [2.05, 4.69) is 15.6 Å². The van der Waals surface area contributed by atoms with Crippen molar-refractivity contribution in [3.05, 3.63) is 77.5 Å². The van der Waals surface area contributed by atoms with Crippen molar-refractivity contribution in [2.24, 2.45) is 0 Å². The number of amides is 2. The first kappa shape index (κ1) is 23.4. The van der Waals surface area contributed by atoms with Gasteiger partial charge in [-0.2, -0.15) is 0 Å². The third-order valence-electron chi connectivity index (χ3n) is 5.08. The smallest absolute Gasteiger partial charge is 0.251 e. The van der Waals surface area contributed by atoms with E-state index in [1.807, 2.05) is 6.07 Å². The lowest BCUT2D eigenvalue weighted by Crippen LogP contribution is -2.45. The van der Waals surface area contributed by atoms with Gasteiger partial charge in [-0.25, -0.2) is 9.07 Å². The molecule has 2 aromatic heterocycles. The number of hydrogen-bond donors (Lipinski definition) is 1. The Morgan fingerprint density at radius 3 is 2.79 bits per heavy atom. The van der Waals surface area contributed by atoms with E-state index in [4.69, 9.17) is 20.8 Å². The summed E-state index contributed by atoms with van der Waals surface area (Å²) in [7, 11) is 1.51. The topological polar surface area (TPSA) is 102 Å². The largest absolute Gasteiger partial charge is 0.467 e. The summed E-state index contributed by atoms with van der Waals surface area (Å²) in [5.74, 6) is -1.46. The molecule has 2 heterocycles. The number of nitrogens with one attached hydrogen (secondary N) is 1. The third-order valence-corrected chi connectivity index (χ3v) is 5.37. The van der Waals surface area contributed by atoms with E-state index < -0.39 is 23.7 Å². The van der Waals surface area contributed by atoms with Gasteiger partial charge in [0.2, 0.25) is 5.91 Å². The van der Waals surface area contributed by atoms with Crippen LogP contribution in [0, 0.1) is 5.82 Å². The SMILES string of the molecule is COCCNC(=O)[C@H](c1ccco1)N(C(=O)Cn1nnc2ccccc21)c1ccc(F)c(Cl)c1.